The van der Waals surface area contributed by atoms with Gasteiger partial charge < -0.3 is 24.8 Å². The molecule has 2 fully saturated rings. The van der Waals surface area contributed by atoms with Gasteiger partial charge in [0.2, 0.25) is 0 Å². The first-order chi connectivity index (χ1) is 13.1. The van der Waals surface area contributed by atoms with E-state index in [-0.39, 0.29) is 12.6 Å². The summed E-state index contributed by atoms with van der Waals surface area (Å²) < 4.78 is 17.1. The maximum atomic E-state index is 12.0. The topological polar surface area (TPSA) is 85.9 Å². The molecular weight excluding hydrogens is 348 g/mol. The second-order valence-corrected chi connectivity index (χ2v) is 7.05. The summed E-state index contributed by atoms with van der Waals surface area (Å²) in [6.45, 7) is 1.09. The van der Waals surface area contributed by atoms with E-state index in [1.54, 1.807) is 7.11 Å². The van der Waals surface area contributed by atoms with Crippen molar-refractivity contribution >= 4 is 11.8 Å². The van der Waals surface area contributed by atoms with E-state index in [4.69, 9.17) is 14.2 Å². The Labute approximate surface area is 159 Å². The number of ether oxygens (including phenoxy) is 3. The van der Waals surface area contributed by atoms with Gasteiger partial charge >= 0.3 is 11.8 Å². The molecule has 2 amide bonds. The second kappa shape index (κ2) is 9.19. The first-order valence-electron chi connectivity index (χ1n) is 9.61. The molecule has 1 atom stereocenters. The summed E-state index contributed by atoms with van der Waals surface area (Å²) in [5.74, 6) is -0.990. The number of amides is 2. The van der Waals surface area contributed by atoms with Crippen LogP contribution in [0, 0.1) is 0 Å². The highest BCUT2D eigenvalue weighted by molar-refractivity contribution is 6.35. The van der Waals surface area contributed by atoms with Crippen molar-refractivity contribution in [2.24, 2.45) is 0 Å². The van der Waals surface area contributed by atoms with Crippen LogP contribution in [0.2, 0.25) is 0 Å². The van der Waals surface area contributed by atoms with Crippen molar-refractivity contribution in [2.45, 2.75) is 50.4 Å². The van der Waals surface area contributed by atoms with Gasteiger partial charge in [-0.05, 0) is 30.9 Å². The third-order valence-electron chi connectivity index (χ3n) is 5.10. The Hall–Kier alpha value is -2.12. The Balaban J connectivity index is 1.36. The largest absolute Gasteiger partial charge is 0.496 e. The van der Waals surface area contributed by atoms with E-state index < -0.39 is 17.6 Å². The lowest BCUT2D eigenvalue weighted by Crippen LogP contribution is -2.44. The van der Waals surface area contributed by atoms with Crippen molar-refractivity contribution in [2.75, 3.05) is 26.8 Å². The average Bonchev–Trinajstić information content (AvgIpc) is 3.09. The summed E-state index contributed by atoms with van der Waals surface area (Å²) in [6, 6.07) is 7.60. The van der Waals surface area contributed by atoms with Crippen molar-refractivity contribution in [1.82, 2.24) is 10.6 Å². The highest BCUT2D eigenvalue weighted by Crippen LogP contribution is 2.37. The van der Waals surface area contributed by atoms with Crippen LogP contribution in [0.4, 0.5) is 0 Å². The van der Waals surface area contributed by atoms with Gasteiger partial charge in [-0.3, -0.25) is 9.59 Å². The van der Waals surface area contributed by atoms with E-state index in [2.05, 4.69) is 10.6 Å². The van der Waals surface area contributed by atoms with Crippen molar-refractivity contribution in [1.29, 1.82) is 0 Å². The Morgan fingerprint density at radius 1 is 1.15 bits per heavy atom. The van der Waals surface area contributed by atoms with Gasteiger partial charge in [0.15, 0.2) is 5.79 Å². The van der Waals surface area contributed by atoms with Crippen molar-refractivity contribution < 1.29 is 23.8 Å². The molecule has 27 heavy (non-hydrogen) atoms. The number of para-hydroxylation sites is 1. The van der Waals surface area contributed by atoms with E-state index in [1.807, 2.05) is 24.3 Å². The summed E-state index contributed by atoms with van der Waals surface area (Å²) in [5.41, 5.74) is 0.981. The number of methoxy groups -OCH3 is 1. The number of nitrogens with one attached hydrogen (secondary N) is 2. The van der Waals surface area contributed by atoms with Gasteiger partial charge in [-0.1, -0.05) is 24.6 Å². The Kier molecular flexibility index (Phi) is 6.68. The zero-order valence-corrected chi connectivity index (χ0v) is 15.8. The molecule has 0 aromatic heterocycles. The molecule has 1 aliphatic heterocycles. The fraction of sp³-hybridized carbons (Fsp3) is 0.600. The minimum Gasteiger partial charge on any atom is -0.496 e. The van der Waals surface area contributed by atoms with Gasteiger partial charge in [-0.25, -0.2) is 0 Å². The third kappa shape index (κ3) is 5.20. The lowest BCUT2D eigenvalue weighted by Gasteiger charge is -2.31. The molecule has 2 N–H and O–H groups in total. The number of benzene rings is 1. The molecular formula is C20H28N2O5. The van der Waals surface area contributed by atoms with Crippen LogP contribution in [-0.2, 0) is 25.5 Å². The molecule has 1 aliphatic carbocycles. The van der Waals surface area contributed by atoms with E-state index in [9.17, 15) is 9.59 Å². The predicted molar refractivity (Wildman–Crippen MR) is 99.4 cm³/mol. The number of carbonyl (C=O) groups excluding carboxylic acids is 2. The molecule has 2 aliphatic rings. The molecule has 0 bridgehead atoms. The standard InChI is InChI=1S/C20H28N2O5/c1-25-17-8-4-3-7-15(17)9-12-21-18(23)19(24)22-13-16-14-26-20(27-16)10-5-2-6-11-20/h3-4,7-8,16H,2,5-6,9-14H2,1H3,(H,21,23)(H,22,24). The summed E-state index contributed by atoms with van der Waals surface area (Å²) in [7, 11) is 1.61. The number of rotatable bonds is 6. The zero-order chi connectivity index (χ0) is 19.1. The van der Waals surface area contributed by atoms with Crippen molar-refractivity contribution in [3.63, 3.8) is 0 Å². The van der Waals surface area contributed by atoms with E-state index in [0.29, 0.717) is 19.6 Å². The van der Waals surface area contributed by atoms with Crippen LogP contribution in [0.5, 0.6) is 5.75 Å². The molecule has 1 saturated carbocycles. The quantitative estimate of drug-likeness (QED) is 0.736. The SMILES string of the molecule is COc1ccccc1CCNC(=O)C(=O)NCC1COC2(CCCCC2)O1. The van der Waals surface area contributed by atoms with Crippen LogP contribution in [0.25, 0.3) is 0 Å². The minimum absolute atomic E-state index is 0.201. The van der Waals surface area contributed by atoms with Gasteiger partial charge in [0, 0.05) is 25.9 Å². The van der Waals surface area contributed by atoms with E-state index >= 15 is 0 Å². The van der Waals surface area contributed by atoms with Crippen LogP contribution >= 0.6 is 0 Å². The average molecular weight is 376 g/mol. The highest BCUT2D eigenvalue weighted by atomic mass is 16.7. The van der Waals surface area contributed by atoms with E-state index in [0.717, 1.165) is 37.0 Å². The Morgan fingerprint density at radius 3 is 2.67 bits per heavy atom. The van der Waals surface area contributed by atoms with Gasteiger partial charge in [-0.15, -0.1) is 0 Å². The molecule has 7 heteroatoms. The van der Waals surface area contributed by atoms with Gasteiger partial charge in [0.1, 0.15) is 11.9 Å². The number of carbonyl (C=O) groups is 2. The van der Waals surface area contributed by atoms with Crippen LogP contribution in [-0.4, -0.2) is 50.5 Å². The number of hydrogen-bond donors (Lipinski definition) is 2. The smallest absolute Gasteiger partial charge is 0.309 e. The Morgan fingerprint density at radius 2 is 1.89 bits per heavy atom. The summed E-state index contributed by atoms with van der Waals surface area (Å²) in [5, 5.41) is 5.27. The molecule has 0 radical (unpaired) electrons. The highest BCUT2D eigenvalue weighted by Gasteiger charge is 2.42. The summed E-state index contributed by atoms with van der Waals surface area (Å²) >= 11 is 0. The normalized spacial score (nSPS) is 21.0. The molecule has 1 spiro atoms. The fourth-order valence-electron chi connectivity index (χ4n) is 3.66. The molecule has 1 heterocycles. The maximum Gasteiger partial charge on any atom is 0.309 e. The predicted octanol–water partition coefficient (Wildman–Crippen LogP) is 1.55. The van der Waals surface area contributed by atoms with Crippen LogP contribution in [0.15, 0.2) is 24.3 Å². The third-order valence-corrected chi connectivity index (χ3v) is 5.10. The lowest BCUT2D eigenvalue weighted by atomic mass is 9.94. The van der Waals surface area contributed by atoms with Gasteiger partial charge in [-0.2, -0.15) is 0 Å². The Bertz CT molecular complexity index is 658. The summed E-state index contributed by atoms with van der Waals surface area (Å²) in [6.07, 6.45) is 5.62. The molecule has 7 nitrogen and oxygen atoms in total. The van der Waals surface area contributed by atoms with Crippen molar-refractivity contribution in [3.8, 4) is 5.75 Å². The molecule has 148 valence electrons. The van der Waals surface area contributed by atoms with Crippen LogP contribution < -0.4 is 15.4 Å². The van der Waals surface area contributed by atoms with Crippen molar-refractivity contribution in [3.05, 3.63) is 29.8 Å². The molecule has 1 aromatic rings. The molecule has 1 aromatic carbocycles. The molecule has 3 rings (SSSR count). The lowest BCUT2D eigenvalue weighted by molar-refractivity contribution is -0.186. The maximum absolute atomic E-state index is 12.0. The first-order valence-corrected chi connectivity index (χ1v) is 9.61. The first kappa shape index (κ1) is 19.6. The second-order valence-electron chi connectivity index (χ2n) is 7.05. The van der Waals surface area contributed by atoms with Gasteiger partial charge in [0.25, 0.3) is 0 Å². The number of hydrogen-bond acceptors (Lipinski definition) is 5. The zero-order valence-electron chi connectivity index (χ0n) is 15.8. The van der Waals surface area contributed by atoms with E-state index in [1.165, 1.54) is 6.42 Å². The summed E-state index contributed by atoms with van der Waals surface area (Å²) in [4.78, 5) is 24.0. The van der Waals surface area contributed by atoms with Crippen LogP contribution in [0.3, 0.4) is 0 Å². The minimum atomic E-state index is -0.650. The van der Waals surface area contributed by atoms with Crippen LogP contribution in [0.1, 0.15) is 37.7 Å². The molecule has 1 unspecified atom stereocenters. The molecule has 1 saturated heterocycles. The monoisotopic (exact) mass is 376 g/mol. The van der Waals surface area contributed by atoms with Gasteiger partial charge in [0.05, 0.1) is 13.7 Å². The fourth-order valence-corrected chi connectivity index (χ4v) is 3.66.